The van der Waals surface area contributed by atoms with Crippen LogP contribution in [-0.4, -0.2) is 74.1 Å². The van der Waals surface area contributed by atoms with Gasteiger partial charge in [0.05, 0.1) is 18.6 Å². The van der Waals surface area contributed by atoms with Gasteiger partial charge in [0.15, 0.2) is 11.9 Å². The molecule has 0 aliphatic carbocycles. The first-order valence-electron chi connectivity index (χ1n) is 7.73. The van der Waals surface area contributed by atoms with Crippen molar-refractivity contribution < 1.29 is 30.0 Å². The van der Waals surface area contributed by atoms with Gasteiger partial charge in [0.25, 0.3) is 5.91 Å². The van der Waals surface area contributed by atoms with Gasteiger partial charge in [0.2, 0.25) is 0 Å². The Morgan fingerprint density at radius 3 is 2.83 bits per heavy atom. The highest BCUT2D eigenvalue weighted by molar-refractivity contribution is 5.95. The van der Waals surface area contributed by atoms with E-state index in [2.05, 4.69) is 15.3 Å². The molecule has 1 fully saturated rings. The first kappa shape index (κ1) is 18.6. The van der Waals surface area contributed by atoms with Gasteiger partial charge in [-0.1, -0.05) is 13.0 Å². The lowest BCUT2D eigenvalue weighted by Gasteiger charge is -2.15. The number of aromatic amines is 1. The molecular weight excluding hydrogens is 318 g/mol. The molecule has 9 heteroatoms. The van der Waals surface area contributed by atoms with E-state index in [1.165, 1.54) is 6.33 Å². The number of hydrogen-bond donors (Lipinski definition) is 6. The van der Waals surface area contributed by atoms with Crippen LogP contribution >= 0.6 is 0 Å². The molecule has 1 aromatic rings. The number of allylic oxidation sites excluding steroid dienone is 1. The molecule has 0 bridgehead atoms. The number of aliphatic hydroxyl groups excluding tert-OH is 4. The predicted molar refractivity (Wildman–Crippen MR) is 83.7 cm³/mol. The molecule has 1 saturated heterocycles. The second-order valence-corrected chi connectivity index (χ2v) is 5.75. The number of carbonyl (C=O) groups excluding carboxylic acids is 1. The number of nitrogens with zero attached hydrogens (tertiary/aromatic N) is 1. The SMILES string of the molecule is CC(C=Cc1[nH]cnc1C(=O)N[C@@H]1O[C@H](CO)[C@@H](O)[C@H]1O)CCO. The van der Waals surface area contributed by atoms with Crippen LogP contribution in [0, 0.1) is 5.92 Å². The third-order valence-corrected chi connectivity index (χ3v) is 3.88. The number of imidazole rings is 1. The summed E-state index contributed by atoms with van der Waals surface area (Å²) in [6.07, 6.45) is 0.797. The normalized spacial score (nSPS) is 28.4. The van der Waals surface area contributed by atoms with E-state index in [0.717, 1.165) is 0 Å². The van der Waals surface area contributed by atoms with Gasteiger partial charge in [0, 0.05) is 6.61 Å². The number of ether oxygens (including phenoxy) is 1. The summed E-state index contributed by atoms with van der Waals surface area (Å²) in [6, 6.07) is 0. The number of amides is 1. The molecule has 1 aliphatic heterocycles. The molecule has 1 aromatic heterocycles. The lowest BCUT2D eigenvalue weighted by molar-refractivity contribution is -0.0305. The van der Waals surface area contributed by atoms with E-state index in [9.17, 15) is 15.0 Å². The van der Waals surface area contributed by atoms with Crippen LogP contribution in [0.3, 0.4) is 0 Å². The molecule has 6 N–H and O–H groups in total. The van der Waals surface area contributed by atoms with Gasteiger partial charge >= 0.3 is 0 Å². The summed E-state index contributed by atoms with van der Waals surface area (Å²) < 4.78 is 5.21. The van der Waals surface area contributed by atoms with Crippen LogP contribution in [0.25, 0.3) is 6.08 Å². The van der Waals surface area contributed by atoms with E-state index in [0.29, 0.717) is 12.1 Å². The van der Waals surface area contributed by atoms with E-state index >= 15 is 0 Å². The second-order valence-electron chi connectivity index (χ2n) is 5.75. The average Bonchev–Trinajstić information content (AvgIpc) is 3.13. The van der Waals surface area contributed by atoms with E-state index in [-0.39, 0.29) is 18.2 Å². The molecular formula is C15H23N3O6. The molecule has 1 amide bonds. The minimum absolute atomic E-state index is 0.0765. The number of aliphatic hydroxyl groups is 4. The lowest BCUT2D eigenvalue weighted by Crippen LogP contribution is -2.44. The summed E-state index contributed by atoms with van der Waals surface area (Å²) in [4.78, 5) is 19.1. The monoisotopic (exact) mass is 341 g/mol. The number of rotatable bonds is 7. The Bertz CT molecular complexity index is 575. The highest BCUT2D eigenvalue weighted by Gasteiger charge is 2.43. The minimum Gasteiger partial charge on any atom is -0.396 e. The van der Waals surface area contributed by atoms with Crippen molar-refractivity contribution in [1.29, 1.82) is 0 Å². The van der Waals surface area contributed by atoms with Crippen molar-refractivity contribution in [1.82, 2.24) is 15.3 Å². The second kappa shape index (κ2) is 8.36. The third-order valence-electron chi connectivity index (χ3n) is 3.88. The van der Waals surface area contributed by atoms with Gasteiger partial charge < -0.3 is 35.5 Å². The van der Waals surface area contributed by atoms with Crippen LogP contribution in [0.4, 0.5) is 0 Å². The Kier molecular flexibility index (Phi) is 6.46. The number of carbonyl (C=O) groups is 1. The predicted octanol–water partition coefficient (Wildman–Crippen LogP) is -1.39. The molecule has 0 aromatic carbocycles. The van der Waals surface area contributed by atoms with Gasteiger partial charge in [-0.05, 0) is 18.4 Å². The summed E-state index contributed by atoms with van der Waals surface area (Å²) in [5, 5.41) is 39.9. The van der Waals surface area contributed by atoms with Gasteiger partial charge in [0.1, 0.15) is 18.3 Å². The van der Waals surface area contributed by atoms with Crippen LogP contribution in [0.5, 0.6) is 0 Å². The molecule has 2 rings (SSSR count). The average molecular weight is 341 g/mol. The molecule has 1 aliphatic rings. The first-order valence-corrected chi connectivity index (χ1v) is 7.73. The summed E-state index contributed by atoms with van der Waals surface area (Å²) >= 11 is 0. The number of hydrogen-bond acceptors (Lipinski definition) is 7. The molecule has 0 radical (unpaired) electrons. The fourth-order valence-electron chi connectivity index (χ4n) is 2.39. The lowest BCUT2D eigenvalue weighted by atomic mass is 10.1. The van der Waals surface area contributed by atoms with Crippen molar-refractivity contribution >= 4 is 12.0 Å². The molecule has 0 saturated carbocycles. The maximum Gasteiger partial charge on any atom is 0.274 e. The fraction of sp³-hybridized carbons (Fsp3) is 0.600. The van der Waals surface area contributed by atoms with Crippen LogP contribution in [0.15, 0.2) is 12.4 Å². The number of nitrogens with one attached hydrogen (secondary N) is 2. The van der Waals surface area contributed by atoms with Gasteiger partial charge in [-0.15, -0.1) is 0 Å². The Morgan fingerprint density at radius 1 is 1.46 bits per heavy atom. The van der Waals surface area contributed by atoms with E-state index in [1.54, 1.807) is 6.08 Å². The molecule has 5 atom stereocenters. The van der Waals surface area contributed by atoms with Crippen molar-refractivity contribution in [2.45, 2.75) is 37.9 Å². The smallest absolute Gasteiger partial charge is 0.274 e. The largest absolute Gasteiger partial charge is 0.396 e. The summed E-state index contributed by atoms with van der Waals surface area (Å²) in [7, 11) is 0. The quantitative estimate of drug-likeness (QED) is 0.358. The van der Waals surface area contributed by atoms with Crippen LogP contribution in [-0.2, 0) is 4.74 Å². The molecule has 24 heavy (non-hydrogen) atoms. The Balaban J connectivity index is 2.02. The Labute approximate surface area is 139 Å². The molecule has 1 unspecified atom stereocenters. The first-order chi connectivity index (χ1) is 11.5. The Hall–Kier alpha value is -1.78. The minimum atomic E-state index is -1.34. The number of H-pyrrole nitrogens is 1. The standard InChI is InChI=1S/C15H23N3O6/c1-8(4-5-19)2-3-9-11(17-7-16-9)14(23)18-15-13(22)12(21)10(6-20)24-15/h2-3,7-8,10,12-13,15,19-22H,4-6H2,1H3,(H,16,17)(H,18,23)/t8?,10-,12-,13-,15-/m1/s1. The van der Waals surface area contributed by atoms with Crippen LogP contribution in [0.2, 0.25) is 0 Å². The highest BCUT2D eigenvalue weighted by atomic mass is 16.6. The summed E-state index contributed by atoms with van der Waals surface area (Å²) in [5.41, 5.74) is 0.587. The van der Waals surface area contributed by atoms with Gasteiger partial charge in [-0.3, -0.25) is 4.79 Å². The molecule has 0 spiro atoms. The van der Waals surface area contributed by atoms with E-state index < -0.39 is 37.1 Å². The van der Waals surface area contributed by atoms with Crippen molar-refractivity contribution in [2.75, 3.05) is 13.2 Å². The zero-order chi connectivity index (χ0) is 17.7. The molecule has 2 heterocycles. The highest BCUT2D eigenvalue weighted by Crippen LogP contribution is 2.20. The van der Waals surface area contributed by atoms with E-state index in [4.69, 9.17) is 14.9 Å². The Morgan fingerprint density at radius 2 is 2.21 bits per heavy atom. The number of aromatic nitrogens is 2. The summed E-state index contributed by atoms with van der Waals surface area (Å²) in [5.74, 6) is -0.449. The van der Waals surface area contributed by atoms with Crippen molar-refractivity contribution in [3.63, 3.8) is 0 Å². The molecule has 134 valence electrons. The van der Waals surface area contributed by atoms with Gasteiger partial charge in [-0.25, -0.2) is 4.98 Å². The summed E-state index contributed by atoms with van der Waals surface area (Å²) in [6.45, 7) is 1.54. The van der Waals surface area contributed by atoms with Crippen LogP contribution < -0.4 is 5.32 Å². The maximum absolute atomic E-state index is 12.3. The zero-order valence-corrected chi connectivity index (χ0v) is 13.3. The zero-order valence-electron chi connectivity index (χ0n) is 13.3. The van der Waals surface area contributed by atoms with Crippen molar-refractivity contribution in [2.24, 2.45) is 5.92 Å². The van der Waals surface area contributed by atoms with Crippen molar-refractivity contribution in [3.05, 3.63) is 23.8 Å². The molecule has 9 nitrogen and oxygen atoms in total. The topological polar surface area (TPSA) is 148 Å². The van der Waals surface area contributed by atoms with E-state index in [1.807, 2.05) is 13.0 Å². The van der Waals surface area contributed by atoms with Gasteiger partial charge in [-0.2, -0.15) is 0 Å². The fourth-order valence-corrected chi connectivity index (χ4v) is 2.39. The third kappa shape index (κ3) is 4.19. The van der Waals surface area contributed by atoms with Crippen LogP contribution in [0.1, 0.15) is 29.5 Å². The van der Waals surface area contributed by atoms with Crippen molar-refractivity contribution in [3.8, 4) is 0 Å². The maximum atomic E-state index is 12.3.